The van der Waals surface area contributed by atoms with Crippen LogP contribution in [0.4, 0.5) is 0 Å². The van der Waals surface area contributed by atoms with Crippen LogP contribution < -0.4 is 0 Å². The van der Waals surface area contributed by atoms with Crippen LogP contribution in [-0.2, 0) is 18.7 Å². The Bertz CT molecular complexity index is 412. The maximum absolute atomic E-state index is 11.3. The minimum atomic E-state index is -1.88. The third kappa shape index (κ3) is 5.66. The average molecular weight is 345 g/mol. The summed E-state index contributed by atoms with van der Waals surface area (Å²) in [5.41, 5.74) is 0. The Hall–Kier alpha value is -0.233. The van der Waals surface area contributed by atoms with Crippen molar-refractivity contribution in [2.24, 2.45) is 0 Å². The van der Waals surface area contributed by atoms with Crippen LogP contribution in [0.1, 0.15) is 67.7 Å². The first-order valence-corrected chi connectivity index (χ1v) is 11.7. The lowest BCUT2D eigenvalue weighted by Crippen LogP contribution is -2.49. The molecular weight excluding hydrogens is 308 g/mol. The van der Waals surface area contributed by atoms with Crippen LogP contribution in [0.15, 0.2) is 0 Å². The second-order valence-electron chi connectivity index (χ2n) is 8.70. The molecule has 4 nitrogen and oxygen atoms in total. The Morgan fingerprint density at radius 2 is 1.83 bits per heavy atom. The molecule has 1 fully saturated rings. The van der Waals surface area contributed by atoms with Gasteiger partial charge in [-0.2, -0.15) is 0 Å². The Balaban J connectivity index is 2.90. The molecule has 0 N–H and O–H groups in total. The molecule has 1 aliphatic heterocycles. The molecule has 3 atom stereocenters. The predicted octanol–water partition coefficient (Wildman–Crippen LogP) is 4.68. The quantitative estimate of drug-likeness (QED) is 0.629. The lowest BCUT2D eigenvalue weighted by atomic mass is 10.0. The summed E-state index contributed by atoms with van der Waals surface area (Å²) in [6, 6.07) is 0. The van der Waals surface area contributed by atoms with Gasteiger partial charge in [0, 0.05) is 6.42 Å². The van der Waals surface area contributed by atoms with Crippen molar-refractivity contribution in [2.45, 2.75) is 110 Å². The summed E-state index contributed by atoms with van der Waals surface area (Å²) in [6.07, 6.45) is 1.92. The molecule has 0 radical (unpaired) electrons. The van der Waals surface area contributed by atoms with Crippen molar-refractivity contribution >= 4 is 14.1 Å². The molecule has 23 heavy (non-hydrogen) atoms. The van der Waals surface area contributed by atoms with E-state index >= 15 is 0 Å². The lowest BCUT2D eigenvalue weighted by Gasteiger charge is -2.41. The summed E-state index contributed by atoms with van der Waals surface area (Å²) >= 11 is 0. The Morgan fingerprint density at radius 1 is 1.26 bits per heavy atom. The number of Topliss-reactive ketones (excluding diaryl/α,β-unsaturated/α-hetero) is 1. The summed E-state index contributed by atoms with van der Waals surface area (Å²) in [6.45, 7) is 18.9. The average Bonchev–Trinajstić information content (AvgIpc) is 2.67. The van der Waals surface area contributed by atoms with Crippen molar-refractivity contribution in [1.29, 1.82) is 0 Å². The Morgan fingerprint density at radius 3 is 2.26 bits per heavy atom. The fourth-order valence-electron chi connectivity index (χ4n) is 2.68. The van der Waals surface area contributed by atoms with Gasteiger partial charge in [-0.25, -0.2) is 0 Å². The van der Waals surface area contributed by atoms with Crippen molar-refractivity contribution in [3.05, 3.63) is 0 Å². The molecule has 1 rings (SSSR count). The molecule has 0 spiro atoms. The van der Waals surface area contributed by atoms with Gasteiger partial charge in [-0.1, -0.05) is 27.7 Å². The van der Waals surface area contributed by atoms with E-state index in [0.29, 0.717) is 12.8 Å². The number of hydrogen-bond donors (Lipinski definition) is 0. The minimum absolute atomic E-state index is 0.00891. The second-order valence-corrected chi connectivity index (χ2v) is 13.5. The monoisotopic (exact) mass is 344 g/mol. The van der Waals surface area contributed by atoms with E-state index in [1.54, 1.807) is 6.92 Å². The number of carbonyl (C=O) groups excluding carboxylic acids is 1. The third-order valence-electron chi connectivity index (χ3n) is 5.02. The molecule has 0 unspecified atom stereocenters. The van der Waals surface area contributed by atoms with Crippen LogP contribution in [0.2, 0.25) is 18.1 Å². The molecule has 0 aromatic heterocycles. The molecule has 1 heterocycles. The highest BCUT2D eigenvalue weighted by Crippen LogP contribution is 2.40. The molecule has 1 saturated heterocycles. The molecule has 5 heteroatoms. The molecule has 136 valence electrons. The van der Waals surface area contributed by atoms with E-state index in [9.17, 15) is 4.79 Å². The smallest absolute Gasteiger partial charge is 0.192 e. The van der Waals surface area contributed by atoms with Crippen LogP contribution in [0.25, 0.3) is 0 Å². The molecule has 1 aliphatic rings. The van der Waals surface area contributed by atoms with Crippen molar-refractivity contribution < 1.29 is 18.7 Å². The predicted molar refractivity (Wildman–Crippen MR) is 96.1 cm³/mol. The summed E-state index contributed by atoms with van der Waals surface area (Å²) in [4.78, 5) is 11.3. The molecule has 0 bridgehead atoms. The maximum atomic E-state index is 11.3. The van der Waals surface area contributed by atoms with Crippen LogP contribution in [-0.4, -0.2) is 38.2 Å². The van der Waals surface area contributed by atoms with Crippen molar-refractivity contribution in [3.63, 3.8) is 0 Å². The number of ketones is 1. The van der Waals surface area contributed by atoms with Gasteiger partial charge >= 0.3 is 0 Å². The second kappa shape index (κ2) is 7.34. The highest BCUT2D eigenvalue weighted by molar-refractivity contribution is 6.74. The number of rotatable bonds is 7. The fourth-order valence-corrected chi connectivity index (χ4v) is 4.10. The molecule has 0 aliphatic carbocycles. The normalized spacial score (nSPS) is 26.3. The summed E-state index contributed by atoms with van der Waals surface area (Å²) in [7, 11) is -1.88. The standard InChI is InChI=1S/C18H36O4Si/c1-10-14(22-23(8,9)17(3,4)5)16-15(12-11-13(2)19)20-18(6,7)21-16/h14-16H,10-12H2,1-9H3/t14-,15+,16+/m1/s1. The maximum Gasteiger partial charge on any atom is 0.192 e. The number of carbonyl (C=O) groups is 1. The largest absolute Gasteiger partial charge is 0.411 e. The first-order chi connectivity index (χ1) is 10.3. The molecule has 0 saturated carbocycles. The SMILES string of the molecule is CC[C@@H](O[Si](C)(C)C(C)(C)C)[C@@H]1OC(C)(C)O[C@H]1CCC(C)=O. The molecule has 0 aromatic carbocycles. The van der Waals surface area contributed by atoms with Crippen LogP contribution in [0, 0.1) is 0 Å². The van der Waals surface area contributed by atoms with Gasteiger partial charge < -0.3 is 18.7 Å². The number of ether oxygens (including phenoxy) is 2. The van der Waals surface area contributed by atoms with Gasteiger partial charge in [0.2, 0.25) is 0 Å². The van der Waals surface area contributed by atoms with Gasteiger partial charge in [-0.05, 0) is 51.7 Å². The van der Waals surface area contributed by atoms with E-state index in [1.165, 1.54) is 0 Å². The first kappa shape index (κ1) is 20.8. The zero-order chi connectivity index (χ0) is 18.1. The van der Waals surface area contributed by atoms with Gasteiger partial charge in [-0.15, -0.1) is 0 Å². The van der Waals surface area contributed by atoms with Crippen molar-refractivity contribution in [3.8, 4) is 0 Å². The molecule has 0 aromatic rings. The highest BCUT2D eigenvalue weighted by Gasteiger charge is 2.48. The summed E-state index contributed by atoms with van der Waals surface area (Å²) in [5, 5.41) is 0.157. The van der Waals surface area contributed by atoms with Gasteiger partial charge in [0.05, 0.1) is 12.2 Å². The molecular formula is C18H36O4Si. The Kier molecular flexibility index (Phi) is 6.64. The third-order valence-corrected chi connectivity index (χ3v) is 9.53. The lowest BCUT2D eigenvalue weighted by molar-refractivity contribution is -0.155. The molecule has 0 amide bonds. The highest BCUT2D eigenvalue weighted by atomic mass is 28.4. The van der Waals surface area contributed by atoms with E-state index in [0.717, 1.165) is 6.42 Å². The topological polar surface area (TPSA) is 44.8 Å². The number of hydrogen-bond acceptors (Lipinski definition) is 4. The van der Waals surface area contributed by atoms with Crippen molar-refractivity contribution in [2.75, 3.05) is 0 Å². The summed E-state index contributed by atoms with van der Waals surface area (Å²) < 4.78 is 18.8. The van der Waals surface area contributed by atoms with Gasteiger partial charge in [0.25, 0.3) is 0 Å². The van der Waals surface area contributed by atoms with Gasteiger partial charge in [0.1, 0.15) is 11.9 Å². The first-order valence-electron chi connectivity index (χ1n) is 8.82. The van der Waals surface area contributed by atoms with E-state index < -0.39 is 14.1 Å². The Labute approximate surface area is 143 Å². The van der Waals surface area contributed by atoms with Gasteiger partial charge in [-0.3, -0.25) is 0 Å². The van der Waals surface area contributed by atoms with E-state index in [-0.39, 0.29) is 29.1 Å². The minimum Gasteiger partial charge on any atom is -0.411 e. The van der Waals surface area contributed by atoms with Crippen LogP contribution in [0.5, 0.6) is 0 Å². The van der Waals surface area contributed by atoms with Crippen LogP contribution >= 0.6 is 0 Å². The summed E-state index contributed by atoms with van der Waals surface area (Å²) in [5.74, 6) is -0.425. The van der Waals surface area contributed by atoms with E-state index in [2.05, 4.69) is 40.8 Å². The fraction of sp³-hybridized carbons (Fsp3) is 0.944. The van der Waals surface area contributed by atoms with E-state index in [1.807, 2.05) is 13.8 Å². The van der Waals surface area contributed by atoms with Crippen LogP contribution in [0.3, 0.4) is 0 Å². The van der Waals surface area contributed by atoms with Gasteiger partial charge in [0.15, 0.2) is 14.1 Å². The van der Waals surface area contributed by atoms with Crippen molar-refractivity contribution in [1.82, 2.24) is 0 Å². The van der Waals surface area contributed by atoms with E-state index in [4.69, 9.17) is 13.9 Å². The zero-order valence-corrected chi connectivity index (χ0v) is 17.5. The zero-order valence-electron chi connectivity index (χ0n) is 16.5.